The van der Waals surface area contributed by atoms with Crippen molar-refractivity contribution in [3.05, 3.63) is 53.9 Å². The maximum atomic E-state index is 12.8. The van der Waals surface area contributed by atoms with E-state index >= 15 is 0 Å². The predicted molar refractivity (Wildman–Crippen MR) is 112 cm³/mol. The van der Waals surface area contributed by atoms with Crippen LogP contribution in [0, 0.1) is 18.3 Å². The van der Waals surface area contributed by atoms with Gasteiger partial charge in [0.1, 0.15) is 0 Å². The zero-order valence-corrected chi connectivity index (χ0v) is 17.2. The van der Waals surface area contributed by atoms with Gasteiger partial charge in [-0.25, -0.2) is 14.5 Å². The summed E-state index contributed by atoms with van der Waals surface area (Å²) in [7, 11) is 0. The molecule has 1 aromatic carbocycles. The molecule has 1 amide bonds. The molecule has 8 heteroatoms. The summed E-state index contributed by atoms with van der Waals surface area (Å²) >= 11 is 0. The summed E-state index contributed by atoms with van der Waals surface area (Å²) in [5.41, 5.74) is 2.22. The van der Waals surface area contributed by atoms with Gasteiger partial charge in [-0.05, 0) is 39.0 Å². The summed E-state index contributed by atoms with van der Waals surface area (Å²) in [6, 6.07) is 12.7. The summed E-state index contributed by atoms with van der Waals surface area (Å²) in [5.74, 6) is -1.01. The highest BCUT2D eigenvalue weighted by Gasteiger charge is 2.21. The number of amides is 1. The highest BCUT2D eigenvalue weighted by Crippen LogP contribution is 2.22. The number of pyridine rings is 1. The first-order chi connectivity index (χ1) is 14.4. The van der Waals surface area contributed by atoms with Crippen molar-refractivity contribution in [3.63, 3.8) is 0 Å². The Morgan fingerprint density at radius 3 is 2.67 bits per heavy atom. The highest BCUT2D eigenvalue weighted by molar-refractivity contribution is 6.04. The lowest BCUT2D eigenvalue weighted by atomic mass is 10.1. The molecule has 3 rings (SSSR count). The average Bonchev–Trinajstić information content (AvgIpc) is 3.16. The average molecular weight is 405 g/mol. The molecule has 8 nitrogen and oxygen atoms in total. The van der Waals surface area contributed by atoms with Crippen molar-refractivity contribution in [2.45, 2.75) is 33.2 Å². The molecule has 0 fully saturated rings. The fraction of sp³-hybridized carbons (Fsp3) is 0.318. The molecule has 0 unspecified atom stereocenters. The second-order valence-electron chi connectivity index (χ2n) is 7.10. The number of nitriles is 1. The van der Waals surface area contributed by atoms with Crippen LogP contribution in [0.2, 0.25) is 0 Å². The fourth-order valence-electron chi connectivity index (χ4n) is 3.14. The number of carbonyl (C=O) groups is 2. The standard InChI is InChI=1S/C22H23N5O3/c1-15(2)27-21-19(13-24-27)18(12-16(3)25-21)22(29)30-14-20(28)26(11-7-10-23)17-8-5-4-6-9-17/h4-6,8-9,12-13,15H,7,11,14H2,1-3H3. The van der Waals surface area contributed by atoms with Crippen molar-refractivity contribution in [3.8, 4) is 6.07 Å². The number of fused-ring (bicyclic) bond motifs is 1. The van der Waals surface area contributed by atoms with Gasteiger partial charge in [-0.3, -0.25) is 4.79 Å². The zero-order chi connectivity index (χ0) is 21.7. The minimum atomic E-state index is -0.615. The Hall–Kier alpha value is -3.73. The lowest BCUT2D eigenvalue weighted by Gasteiger charge is -2.21. The number of rotatable bonds is 7. The van der Waals surface area contributed by atoms with Crippen LogP contribution in [-0.2, 0) is 9.53 Å². The van der Waals surface area contributed by atoms with Gasteiger partial charge in [-0.15, -0.1) is 0 Å². The van der Waals surface area contributed by atoms with Gasteiger partial charge in [0, 0.05) is 24.0 Å². The SMILES string of the molecule is Cc1cc(C(=O)OCC(=O)N(CCC#N)c2ccccc2)c2cnn(C(C)C)c2n1. The number of benzene rings is 1. The quantitative estimate of drug-likeness (QED) is 0.558. The maximum Gasteiger partial charge on any atom is 0.339 e. The van der Waals surface area contributed by atoms with E-state index in [9.17, 15) is 9.59 Å². The Morgan fingerprint density at radius 2 is 2.00 bits per heavy atom. The van der Waals surface area contributed by atoms with E-state index in [1.165, 1.54) is 4.90 Å². The van der Waals surface area contributed by atoms with Crippen LogP contribution >= 0.6 is 0 Å². The van der Waals surface area contributed by atoms with Crippen molar-refractivity contribution in [1.82, 2.24) is 14.8 Å². The molecule has 0 radical (unpaired) electrons. The number of aromatic nitrogens is 3. The fourth-order valence-corrected chi connectivity index (χ4v) is 3.14. The molecule has 0 saturated carbocycles. The van der Waals surface area contributed by atoms with E-state index in [1.54, 1.807) is 48.1 Å². The van der Waals surface area contributed by atoms with Gasteiger partial charge < -0.3 is 9.64 Å². The van der Waals surface area contributed by atoms with Crippen LogP contribution in [0.5, 0.6) is 0 Å². The van der Waals surface area contributed by atoms with Crippen LogP contribution in [0.1, 0.15) is 42.4 Å². The second-order valence-corrected chi connectivity index (χ2v) is 7.10. The molecule has 30 heavy (non-hydrogen) atoms. The number of para-hydroxylation sites is 1. The van der Waals surface area contributed by atoms with Crippen LogP contribution < -0.4 is 4.90 Å². The lowest BCUT2D eigenvalue weighted by Crippen LogP contribution is -2.35. The van der Waals surface area contributed by atoms with E-state index in [1.807, 2.05) is 26.0 Å². The largest absolute Gasteiger partial charge is 0.452 e. The Balaban J connectivity index is 1.79. The Morgan fingerprint density at radius 1 is 1.27 bits per heavy atom. The van der Waals surface area contributed by atoms with Crippen LogP contribution in [0.4, 0.5) is 5.69 Å². The molecule has 2 aromatic heterocycles. The molecule has 154 valence electrons. The normalized spacial score (nSPS) is 10.8. The van der Waals surface area contributed by atoms with E-state index in [0.29, 0.717) is 28.0 Å². The molecule has 0 saturated heterocycles. The van der Waals surface area contributed by atoms with Crippen LogP contribution in [0.25, 0.3) is 11.0 Å². The Bertz CT molecular complexity index is 1100. The number of ether oxygens (including phenoxy) is 1. The molecule has 0 aliphatic heterocycles. The number of aryl methyl sites for hydroxylation is 1. The number of carbonyl (C=O) groups excluding carboxylic acids is 2. The topological polar surface area (TPSA) is 101 Å². The van der Waals surface area contributed by atoms with Crippen LogP contribution in [0.3, 0.4) is 0 Å². The molecule has 0 atom stereocenters. The number of hydrogen-bond donors (Lipinski definition) is 0. The molecular formula is C22H23N5O3. The van der Waals surface area contributed by atoms with Gasteiger partial charge >= 0.3 is 5.97 Å². The van der Waals surface area contributed by atoms with E-state index in [0.717, 1.165) is 0 Å². The van der Waals surface area contributed by atoms with Gasteiger partial charge in [-0.1, -0.05) is 18.2 Å². The van der Waals surface area contributed by atoms with Gasteiger partial charge in [0.25, 0.3) is 5.91 Å². The third-order valence-electron chi connectivity index (χ3n) is 4.55. The lowest BCUT2D eigenvalue weighted by molar-refractivity contribution is -0.121. The van der Waals surface area contributed by atoms with E-state index in [-0.39, 0.29) is 19.0 Å². The second kappa shape index (κ2) is 9.18. The Kier molecular flexibility index (Phi) is 6.42. The third-order valence-corrected chi connectivity index (χ3v) is 4.55. The summed E-state index contributed by atoms with van der Waals surface area (Å²) in [4.78, 5) is 31.4. The molecule has 0 spiro atoms. The smallest absolute Gasteiger partial charge is 0.339 e. The van der Waals surface area contributed by atoms with Crippen molar-refractivity contribution in [2.24, 2.45) is 0 Å². The van der Waals surface area contributed by atoms with Gasteiger partial charge in [0.05, 0.1) is 29.6 Å². The van der Waals surface area contributed by atoms with Crippen molar-refractivity contribution >= 4 is 28.6 Å². The van der Waals surface area contributed by atoms with Crippen LogP contribution in [0.15, 0.2) is 42.6 Å². The van der Waals surface area contributed by atoms with Crippen molar-refractivity contribution in [2.75, 3.05) is 18.1 Å². The minimum Gasteiger partial charge on any atom is -0.452 e. The molecule has 0 aliphatic carbocycles. The van der Waals surface area contributed by atoms with E-state index in [2.05, 4.69) is 10.1 Å². The number of anilines is 1. The van der Waals surface area contributed by atoms with Crippen molar-refractivity contribution in [1.29, 1.82) is 5.26 Å². The summed E-state index contributed by atoms with van der Waals surface area (Å²) in [6.45, 7) is 5.54. The number of hydrogen-bond acceptors (Lipinski definition) is 6. The number of nitrogens with zero attached hydrogens (tertiary/aromatic N) is 5. The minimum absolute atomic E-state index is 0.0850. The molecule has 2 heterocycles. The van der Waals surface area contributed by atoms with Crippen molar-refractivity contribution < 1.29 is 14.3 Å². The zero-order valence-electron chi connectivity index (χ0n) is 17.2. The maximum absolute atomic E-state index is 12.8. The summed E-state index contributed by atoms with van der Waals surface area (Å²) in [6.07, 6.45) is 1.76. The van der Waals surface area contributed by atoms with Crippen LogP contribution in [-0.4, -0.2) is 39.8 Å². The predicted octanol–water partition coefficient (Wildman–Crippen LogP) is 3.42. The summed E-state index contributed by atoms with van der Waals surface area (Å²) in [5, 5.41) is 13.8. The first-order valence-corrected chi connectivity index (χ1v) is 9.66. The molecule has 0 aliphatic rings. The molecular weight excluding hydrogens is 382 g/mol. The van der Waals surface area contributed by atoms with Gasteiger partial charge in [0.15, 0.2) is 12.3 Å². The first-order valence-electron chi connectivity index (χ1n) is 9.66. The summed E-state index contributed by atoms with van der Waals surface area (Å²) < 4.78 is 7.07. The molecule has 0 bridgehead atoms. The first kappa shape index (κ1) is 21.0. The van der Waals surface area contributed by atoms with E-state index in [4.69, 9.17) is 10.00 Å². The molecule has 0 N–H and O–H groups in total. The van der Waals surface area contributed by atoms with Gasteiger partial charge in [-0.2, -0.15) is 10.4 Å². The van der Waals surface area contributed by atoms with E-state index < -0.39 is 18.5 Å². The highest BCUT2D eigenvalue weighted by atomic mass is 16.5. The monoisotopic (exact) mass is 405 g/mol. The van der Waals surface area contributed by atoms with Gasteiger partial charge in [0.2, 0.25) is 0 Å². The third kappa shape index (κ3) is 4.46. The number of esters is 1. The molecule has 3 aromatic rings. The Labute approximate surface area is 174 Å².